The monoisotopic (exact) mass is 194 g/mol. The molecule has 0 amide bonds. The molecule has 1 heterocycles. The molecular weight excluding hydrogens is 180 g/mol. The van der Waals surface area contributed by atoms with Gasteiger partial charge in [-0.2, -0.15) is 0 Å². The van der Waals surface area contributed by atoms with Gasteiger partial charge >= 0.3 is 0 Å². The number of carbonyl (C=O) groups is 2. The fourth-order valence-electron chi connectivity index (χ4n) is 2.03. The summed E-state index contributed by atoms with van der Waals surface area (Å²) in [4.78, 5) is 22.3. The zero-order valence-corrected chi connectivity index (χ0v) is 8.12. The Morgan fingerprint density at radius 2 is 2.00 bits per heavy atom. The average molecular weight is 194 g/mol. The van der Waals surface area contributed by atoms with Crippen LogP contribution in [0.5, 0.6) is 0 Å². The van der Waals surface area contributed by atoms with E-state index < -0.39 is 0 Å². The molecule has 2 aliphatic rings. The van der Waals surface area contributed by atoms with Gasteiger partial charge in [0.05, 0.1) is 6.42 Å². The summed E-state index contributed by atoms with van der Waals surface area (Å²) in [6, 6.07) is 0. The number of ketones is 2. The summed E-state index contributed by atoms with van der Waals surface area (Å²) in [5, 5.41) is 0. The third kappa shape index (κ3) is 2.10. The molecular formula is C11H14O3. The second-order valence-corrected chi connectivity index (χ2v) is 4.00. The van der Waals surface area contributed by atoms with Crippen molar-refractivity contribution in [2.75, 3.05) is 13.2 Å². The zero-order chi connectivity index (χ0) is 9.97. The van der Waals surface area contributed by atoms with E-state index in [1.807, 2.05) is 0 Å². The molecule has 1 fully saturated rings. The number of Topliss-reactive ketones (excluding diaryl/α,β-unsaturated/α-hetero) is 1. The van der Waals surface area contributed by atoms with E-state index >= 15 is 0 Å². The van der Waals surface area contributed by atoms with Gasteiger partial charge in [-0.3, -0.25) is 9.59 Å². The molecule has 0 unspecified atom stereocenters. The Kier molecular flexibility index (Phi) is 2.77. The Hall–Kier alpha value is -0.960. The summed E-state index contributed by atoms with van der Waals surface area (Å²) >= 11 is 0. The van der Waals surface area contributed by atoms with Gasteiger partial charge in [0.15, 0.2) is 11.6 Å². The van der Waals surface area contributed by atoms with Crippen LogP contribution >= 0.6 is 0 Å². The van der Waals surface area contributed by atoms with Crippen LogP contribution in [0.15, 0.2) is 11.6 Å². The maximum Gasteiger partial charge on any atom is 0.166 e. The van der Waals surface area contributed by atoms with Crippen molar-refractivity contribution in [3.8, 4) is 0 Å². The van der Waals surface area contributed by atoms with Gasteiger partial charge in [-0.15, -0.1) is 0 Å². The largest absolute Gasteiger partial charge is 0.381 e. The Morgan fingerprint density at radius 1 is 1.29 bits per heavy atom. The van der Waals surface area contributed by atoms with Crippen LogP contribution in [-0.2, 0) is 14.3 Å². The molecule has 0 aromatic carbocycles. The summed E-state index contributed by atoms with van der Waals surface area (Å²) in [7, 11) is 0. The first kappa shape index (κ1) is 9.59. The molecule has 0 aromatic rings. The molecule has 76 valence electrons. The maximum absolute atomic E-state index is 11.3. The Bertz CT molecular complexity index is 285. The minimum atomic E-state index is -0.0305. The smallest absolute Gasteiger partial charge is 0.166 e. The molecule has 3 heteroatoms. The van der Waals surface area contributed by atoms with Crippen molar-refractivity contribution >= 4 is 11.6 Å². The third-order valence-electron chi connectivity index (χ3n) is 2.88. The molecule has 0 aromatic heterocycles. The van der Waals surface area contributed by atoms with E-state index in [2.05, 4.69) is 0 Å². The lowest BCUT2D eigenvalue weighted by molar-refractivity contribution is -0.120. The average Bonchev–Trinajstić information content (AvgIpc) is 2.47. The standard InChI is InChI=1S/C11H14O3/c12-10-6-9(11(13)7-10)5-8-1-3-14-4-2-8/h6,8H,1-5,7H2. The van der Waals surface area contributed by atoms with Crippen LogP contribution in [0.25, 0.3) is 0 Å². The quantitative estimate of drug-likeness (QED) is 0.622. The van der Waals surface area contributed by atoms with E-state index in [0.29, 0.717) is 5.92 Å². The van der Waals surface area contributed by atoms with E-state index in [0.717, 1.165) is 38.0 Å². The summed E-state index contributed by atoms with van der Waals surface area (Å²) < 4.78 is 5.24. The Labute approximate surface area is 83.1 Å². The molecule has 3 nitrogen and oxygen atoms in total. The molecule has 0 radical (unpaired) electrons. The molecule has 1 aliphatic heterocycles. The molecule has 1 aliphatic carbocycles. The van der Waals surface area contributed by atoms with Crippen molar-refractivity contribution in [1.29, 1.82) is 0 Å². The van der Waals surface area contributed by atoms with E-state index in [1.54, 1.807) is 0 Å². The maximum atomic E-state index is 11.3. The molecule has 0 atom stereocenters. The van der Waals surface area contributed by atoms with Crippen molar-refractivity contribution in [2.45, 2.75) is 25.7 Å². The van der Waals surface area contributed by atoms with E-state index in [1.165, 1.54) is 6.08 Å². The topological polar surface area (TPSA) is 43.4 Å². The van der Waals surface area contributed by atoms with E-state index in [4.69, 9.17) is 4.74 Å². The second-order valence-electron chi connectivity index (χ2n) is 4.00. The van der Waals surface area contributed by atoms with Gasteiger partial charge in [0.1, 0.15) is 0 Å². The number of rotatable bonds is 2. The second kappa shape index (κ2) is 4.05. The van der Waals surface area contributed by atoms with Crippen LogP contribution in [0.2, 0.25) is 0 Å². The summed E-state index contributed by atoms with van der Waals surface area (Å²) in [5.74, 6) is 0.531. The number of ether oxygens (including phenoxy) is 1. The van der Waals surface area contributed by atoms with Crippen LogP contribution in [0, 0.1) is 5.92 Å². The number of hydrogen-bond donors (Lipinski definition) is 0. The molecule has 14 heavy (non-hydrogen) atoms. The van der Waals surface area contributed by atoms with Crippen molar-refractivity contribution in [3.05, 3.63) is 11.6 Å². The van der Waals surface area contributed by atoms with Gasteiger partial charge in [0.2, 0.25) is 0 Å². The zero-order valence-electron chi connectivity index (χ0n) is 8.12. The lowest BCUT2D eigenvalue weighted by Crippen LogP contribution is -2.17. The lowest BCUT2D eigenvalue weighted by Gasteiger charge is -2.21. The molecule has 0 saturated carbocycles. The fourth-order valence-corrected chi connectivity index (χ4v) is 2.03. The van der Waals surface area contributed by atoms with Crippen molar-refractivity contribution < 1.29 is 14.3 Å². The highest BCUT2D eigenvalue weighted by Crippen LogP contribution is 2.26. The normalized spacial score (nSPS) is 24.1. The van der Waals surface area contributed by atoms with Crippen molar-refractivity contribution in [1.82, 2.24) is 0 Å². The fraction of sp³-hybridized carbons (Fsp3) is 0.636. The van der Waals surface area contributed by atoms with Crippen LogP contribution < -0.4 is 0 Å². The van der Waals surface area contributed by atoms with Crippen molar-refractivity contribution in [2.24, 2.45) is 5.92 Å². The highest BCUT2D eigenvalue weighted by molar-refractivity contribution is 6.19. The van der Waals surface area contributed by atoms with Crippen LogP contribution in [0.4, 0.5) is 0 Å². The van der Waals surface area contributed by atoms with Crippen molar-refractivity contribution in [3.63, 3.8) is 0 Å². The molecule has 0 bridgehead atoms. The van der Waals surface area contributed by atoms with Crippen LogP contribution in [-0.4, -0.2) is 24.8 Å². The van der Waals surface area contributed by atoms with E-state index in [-0.39, 0.29) is 18.0 Å². The summed E-state index contributed by atoms with van der Waals surface area (Å²) in [6.45, 7) is 1.58. The summed E-state index contributed by atoms with van der Waals surface area (Å²) in [6.07, 6.45) is 4.42. The minimum Gasteiger partial charge on any atom is -0.381 e. The van der Waals surface area contributed by atoms with Gasteiger partial charge in [-0.05, 0) is 36.8 Å². The number of carbonyl (C=O) groups excluding carboxylic acids is 2. The first-order valence-corrected chi connectivity index (χ1v) is 5.10. The van der Waals surface area contributed by atoms with Gasteiger partial charge in [-0.1, -0.05) is 0 Å². The van der Waals surface area contributed by atoms with Crippen LogP contribution in [0.3, 0.4) is 0 Å². The van der Waals surface area contributed by atoms with Crippen LogP contribution in [0.1, 0.15) is 25.7 Å². The molecule has 0 N–H and O–H groups in total. The van der Waals surface area contributed by atoms with Gasteiger partial charge < -0.3 is 4.74 Å². The SMILES string of the molecule is O=C1C=C(CC2CCOCC2)C(=O)C1. The first-order chi connectivity index (χ1) is 6.75. The number of hydrogen-bond acceptors (Lipinski definition) is 3. The lowest BCUT2D eigenvalue weighted by atomic mass is 9.92. The van der Waals surface area contributed by atoms with Gasteiger partial charge in [0.25, 0.3) is 0 Å². The molecule has 2 rings (SSSR count). The highest BCUT2D eigenvalue weighted by atomic mass is 16.5. The Balaban J connectivity index is 1.93. The first-order valence-electron chi connectivity index (χ1n) is 5.10. The minimum absolute atomic E-state index is 0.0292. The van der Waals surface area contributed by atoms with Gasteiger partial charge in [0, 0.05) is 13.2 Å². The predicted octanol–water partition coefficient (Wildman–Crippen LogP) is 1.27. The molecule has 1 saturated heterocycles. The van der Waals surface area contributed by atoms with Gasteiger partial charge in [-0.25, -0.2) is 0 Å². The summed E-state index contributed by atoms with van der Waals surface area (Å²) in [5.41, 5.74) is 0.738. The predicted molar refractivity (Wildman–Crippen MR) is 50.9 cm³/mol. The highest BCUT2D eigenvalue weighted by Gasteiger charge is 2.25. The Morgan fingerprint density at radius 3 is 2.57 bits per heavy atom. The van der Waals surface area contributed by atoms with E-state index in [9.17, 15) is 9.59 Å². The number of allylic oxidation sites excluding steroid dienone is 2. The third-order valence-corrected chi connectivity index (χ3v) is 2.88. The molecule has 0 spiro atoms.